The summed E-state index contributed by atoms with van der Waals surface area (Å²) in [6.45, 7) is -0.852. The van der Waals surface area contributed by atoms with Crippen LogP contribution in [0.15, 0.2) is 17.1 Å². The fraction of sp³-hybridized carbons (Fsp3) is 0.636. The number of hydrogen-bond donors (Lipinski definition) is 8. The van der Waals surface area contributed by atoms with E-state index in [1.807, 2.05) is 0 Å². The first-order chi connectivity index (χ1) is 13.9. The van der Waals surface area contributed by atoms with Gasteiger partial charge in [-0.1, -0.05) is 0 Å². The molecule has 34 heavy (non-hydrogen) atoms. The molecule has 1 fully saturated rings. The Morgan fingerprint density at radius 1 is 1.15 bits per heavy atom. The van der Waals surface area contributed by atoms with Gasteiger partial charge >= 0.3 is 117 Å². The summed E-state index contributed by atoms with van der Waals surface area (Å²) >= 11 is 0. The summed E-state index contributed by atoms with van der Waals surface area (Å²) in [5.74, 6) is -0.132. The van der Waals surface area contributed by atoms with Gasteiger partial charge in [0.1, 0.15) is 24.1 Å². The van der Waals surface area contributed by atoms with Gasteiger partial charge in [0.15, 0.2) is 6.23 Å². The quantitative estimate of drug-likeness (QED) is 0.106. The van der Waals surface area contributed by atoms with E-state index < -0.39 is 64.9 Å². The average Bonchev–Trinajstić information content (AvgIpc) is 2.86. The van der Waals surface area contributed by atoms with E-state index in [1.165, 1.54) is 6.07 Å². The van der Waals surface area contributed by atoms with Crippen LogP contribution in [0.2, 0.25) is 0 Å². The zero-order valence-electron chi connectivity index (χ0n) is 15.5. The summed E-state index contributed by atoms with van der Waals surface area (Å²) in [7, 11) is -17.1. The predicted octanol–water partition coefficient (Wildman–Crippen LogP) is -4.34. The Morgan fingerprint density at radius 2 is 1.68 bits per heavy atom. The standard InChI is InChI=1S/C11H20N3O14P3.3Na.3H/c1-11(18,29(19,20)21)30(22,23)28-31(24,25)26-4-5-7(15)8(16)9(27-5)14-3-2-6(12)13-10(14)17;;;;;;/h2-3,5,7-9,15-16,18H,4H2,1H3,(H,22,23)(H,24,25)(H2,12,13,17)(H2,19,20,21);;;;;;/t5-,7-,8+,9-,11?;;;;;;/m1....../s1. The van der Waals surface area contributed by atoms with E-state index >= 15 is 0 Å². The second-order valence-electron chi connectivity index (χ2n) is 6.47. The Balaban J connectivity index is 0. The molecule has 1 aromatic rings. The maximum atomic E-state index is 11.9. The van der Waals surface area contributed by atoms with Gasteiger partial charge in [-0.15, -0.1) is 0 Å². The Hall–Kier alpha value is 1.97. The third-order valence-corrected chi connectivity index (χ3v) is 10.1. The van der Waals surface area contributed by atoms with Gasteiger partial charge in [0.25, 0.3) is 5.08 Å². The van der Waals surface area contributed by atoms with Crippen LogP contribution in [0.3, 0.4) is 0 Å². The summed E-state index contributed by atoms with van der Waals surface area (Å²) < 4.78 is 49.2. The number of rotatable bonds is 8. The molecule has 0 bridgehead atoms. The molecule has 23 heteroatoms. The first kappa shape index (κ1) is 38.1. The van der Waals surface area contributed by atoms with Crippen LogP contribution in [0.5, 0.6) is 0 Å². The fourth-order valence-electron chi connectivity index (χ4n) is 2.29. The number of anilines is 1. The Labute approximate surface area is 258 Å². The van der Waals surface area contributed by atoms with Gasteiger partial charge in [-0.05, 0) is 13.0 Å². The molecule has 0 saturated carbocycles. The second kappa shape index (κ2) is 13.9. The summed E-state index contributed by atoms with van der Waals surface area (Å²) in [5, 5.41) is 25.9. The molecule has 0 aromatic carbocycles. The first-order valence-corrected chi connectivity index (χ1v) is 12.7. The van der Waals surface area contributed by atoms with Crippen LogP contribution in [-0.4, -0.2) is 163 Å². The van der Waals surface area contributed by atoms with Crippen LogP contribution in [0.4, 0.5) is 5.82 Å². The van der Waals surface area contributed by atoms with Crippen LogP contribution in [-0.2, 0) is 27.3 Å². The van der Waals surface area contributed by atoms with E-state index in [4.69, 9.17) is 20.3 Å². The summed E-state index contributed by atoms with van der Waals surface area (Å²) in [6.07, 6.45) is -5.51. The molecule has 3 unspecified atom stereocenters. The van der Waals surface area contributed by atoms with Gasteiger partial charge < -0.3 is 45.4 Å². The molecule has 1 aromatic heterocycles. The third-order valence-electron chi connectivity index (χ3n) is 4.17. The molecule has 1 aliphatic rings. The molecule has 9 N–H and O–H groups in total. The van der Waals surface area contributed by atoms with Gasteiger partial charge in [-0.25, -0.2) is 13.7 Å². The van der Waals surface area contributed by atoms with Crippen LogP contribution in [0.1, 0.15) is 13.2 Å². The van der Waals surface area contributed by atoms with Gasteiger partial charge in [-0.2, -0.15) is 4.98 Å². The van der Waals surface area contributed by atoms with Crippen molar-refractivity contribution in [3.63, 3.8) is 0 Å². The van der Waals surface area contributed by atoms with Gasteiger partial charge in [0.05, 0.1) is 6.61 Å². The molecule has 0 radical (unpaired) electrons. The SMILES string of the molecule is CC(O)(P(=O)(O)O)P(=O)(O)OP(=O)(O)OC[C@H]1O[C@@H](n2ccc(N)nc2=O)[C@@H](O)[C@@H]1O.[NaH].[NaH].[NaH]. The van der Waals surface area contributed by atoms with Gasteiger partial charge in [0, 0.05) is 6.20 Å². The summed E-state index contributed by atoms with van der Waals surface area (Å²) in [6, 6.07) is 1.19. The average molecular weight is 583 g/mol. The van der Waals surface area contributed by atoms with Crippen molar-refractivity contribution >= 4 is 118 Å². The molecule has 17 nitrogen and oxygen atoms in total. The van der Waals surface area contributed by atoms with E-state index in [-0.39, 0.29) is 101 Å². The number of phosphoric acid groups is 1. The molecule has 1 aliphatic heterocycles. The van der Waals surface area contributed by atoms with Crippen LogP contribution < -0.4 is 11.4 Å². The number of phosphoric ester groups is 1. The molecule has 2 rings (SSSR count). The number of nitrogens with two attached hydrogens (primary N) is 1. The number of ether oxygens (including phenoxy) is 1. The Kier molecular flexibility index (Phi) is 15.5. The van der Waals surface area contributed by atoms with Crippen molar-refractivity contribution in [2.75, 3.05) is 12.3 Å². The number of aliphatic hydroxyl groups is 3. The van der Waals surface area contributed by atoms with Crippen LogP contribution in [0, 0.1) is 0 Å². The van der Waals surface area contributed by atoms with E-state index in [0.29, 0.717) is 0 Å². The maximum absolute atomic E-state index is 11.9. The molecular weight excluding hydrogens is 560 g/mol. The topological polar surface area (TPSA) is 281 Å². The molecule has 2 heterocycles. The fourth-order valence-corrected chi connectivity index (χ4v) is 6.20. The monoisotopic (exact) mass is 583 g/mol. The number of aromatic nitrogens is 2. The molecule has 0 spiro atoms. The van der Waals surface area contributed by atoms with E-state index in [1.54, 1.807) is 0 Å². The molecule has 0 aliphatic carbocycles. The summed E-state index contributed by atoms with van der Waals surface area (Å²) in [5.41, 5.74) is 4.39. The van der Waals surface area contributed by atoms with Crippen LogP contribution in [0.25, 0.3) is 0 Å². The normalized spacial score (nSPS) is 27.6. The van der Waals surface area contributed by atoms with Crippen molar-refractivity contribution in [1.29, 1.82) is 0 Å². The minimum absolute atomic E-state index is 0. The second-order valence-corrected chi connectivity index (χ2v) is 12.5. The van der Waals surface area contributed by atoms with Crippen molar-refractivity contribution in [2.45, 2.75) is 36.5 Å². The molecule has 0 amide bonds. The summed E-state index contributed by atoms with van der Waals surface area (Å²) in [4.78, 5) is 52.3. The van der Waals surface area contributed by atoms with Crippen molar-refractivity contribution in [2.24, 2.45) is 0 Å². The van der Waals surface area contributed by atoms with Gasteiger partial charge in [-0.3, -0.25) is 18.2 Å². The molecular formula is C11H23N3Na3O14P3. The van der Waals surface area contributed by atoms with Crippen molar-refractivity contribution in [3.8, 4) is 0 Å². The zero-order valence-corrected chi connectivity index (χ0v) is 18.2. The van der Waals surface area contributed by atoms with Crippen molar-refractivity contribution in [3.05, 3.63) is 22.7 Å². The Bertz CT molecular complexity index is 1040. The minimum atomic E-state index is -5.86. The molecule has 1 saturated heterocycles. The van der Waals surface area contributed by atoms with Crippen molar-refractivity contribution < 1.29 is 62.2 Å². The third kappa shape index (κ3) is 8.75. The molecule has 184 valence electrons. The zero-order chi connectivity index (χ0) is 24.0. The number of aliphatic hydroxyl groups excluding tert-OH is 2. The van der Waals surface area contributed by atoms with E-state index in [2.05, 4.69) is 13.8 Å². The Morgan fingerprint density at radius 3 is 2.15 bits per heavy atom. The van der Waals surface area contributed by atoms with Gasteiger partial charge in [0.2, 0.25) is 0 Å². The van der Waals surface area contributed by atoms with E-state index in [0.717, 1.165) is 10.8 Å². The number of hydrogen-bond acceptors (Lipinski definition) is 12. The van der Waals surface area contributed by atoms with E-state index in [9.17, 15) is 43.6 Å². The molecule has 7 atom stereocenters. The number of nitrogen functional groups attached to an aromatic ring is 1. The van der Waals surface area contributed by atoms with Crippen molar-refractivity contribution in [1.82, 2.24) is 9.55 Å². The van der Waals surface area contributed by atoms with Crippen LogP contribution >= 0.6 is 23.0 Å². The number of nitrogens with zero attached hydrogens (tertiary/aromatic N) is 2. The predicted molar refractivity (Wildman–Crippen MR) is 120 cm³/mol. The first-order valence-electron chi connectivity index (χ1n) is 8.05.